The fourth-order valence-corrected chi connectivity index (χ4v) is 3.83. The molecule has 3 aliphatic rings. The van der Waals surface area contributed by atoms with Crippen molar-refractivity contribution in [1.82, 2.24) is 4.98 Å². The van der Waals surface area contributed by atoms with Gasteiger partial charge in [-0.15, -0.1) is 0 Å². The minimum atomic E-state index is -0.0324. The van der Waals surface area contributed by atoms with E-state index in [0.29, 0.717) is 12.5 Å². The molecule has 3 heterocycles. The highest BCUT2D eigenvalue weighted by Crippen LogP contribution is 2.64. The second-order valence-corrected chi connectivity index (χ2v) is 5.92. The number of halogens is 1. The molecule has 4 rings (SSSR count). The topological polar surface area (TPSA) is 51.2 Å². The van der Waals surface area contributed by atoms with Gasteiger partial charge in [0.15, 0.2) is 0 Å². The molecule has 0 aromatic carbocycles. The van der Waals surface area contributed by atoms with Crippen LogP contribution in [0, 0.1) is 11.8 Å². The fraction of sp³-hybridized carbons (Fsp3) is 0.500. The lowest BCUT2D eigenvalue weighted by Crippen LogP contribution is -2.46. The summed E-state index contributed by atoms with van der Waals surface area (Å²) in [5, 5.41) is 4.93. The van der Waals surface area contributed by atoms with Crippen LogP contribution >= 0.6 is 22.4 Å². The summed E-state index contributed by atoms with van der Waals surface area (Å²) >= 11 is 2.22. The lowest BCUT2D eigenvalue weighted by atomic mass is 9.76. The van der Waals surface area contributed by atoms with Crippen molar-refractivity contribution in [2.24, 2.45) is 11.8 Å². The summed E-state index contributed by atoms with van der Waals surface area (Å²) in [6.45, 7) is 1.32. The van der Waals surface area contributed by atoms with Gasteiger partial charge in [0.2, 0.25) is 11.0 Å². The molecule has 1 aliphatic carbocycles. The van der Waals surface area contributed by atoms with E-state index in [0.717, 1.165) is 24.3 Å². The van der Waals surface area contributed by atoms with Gasteiger partial charge in [0.25, 0.3) is 0 Å². The molecule has 1 spiro atoms. The van der Waals surface area contributed by atoms with E-state index >= 15 is 0 Å². The van der Waals surface area contributed by atoms with Gasteiger partial charge in [-0.2, -0.15) is 22.4 Å². The second-order valence-electron chi connectivity index (χ2n) is 5.29. The highest BCUT2D eigenvalue weighted by atomic mass is 127. The number of hydrogen-bond donors (Lipinski definition) is 1. The molecule has 3 atom stereocenters. The Morgan fingerprint density at radius 1 is 1.56 bits per heavy atom. The van der Waals surface area contributed by atoms with Gasteiger partial charge < -0.3 is 10.1 Å². The van der Waals surface area contributed by atoms with Crippen molar-refractivity contribution in [3.8, 4) is 0 Å². The second kappa shape index (κ2) is 3.69. The Balaban J connectivity index is 1.89. The molecule has 1 N–H and O–H groups in total. The number of carbonyl (C=O) groups excluding carboxylic acids is 1. The average Bonchev–Trinajstić information content (AvgIpc) is 3.13. The predicted octanol–water partition coefficient (Wildman–Crippen LogP) is 0.617. The number of hydrogen-bond acceptors (Lipinski definition) is 3. The molecule has 2 fully saturated rings. The number of amides is 1. The first-order valence-electron chi connectivity index (χ1n) is 6.08. The zero-order valence-corrected chi connectivity index (χ0v) is 11.8. The number of fused-ring (bicyclic) bond motifs is 1. The maximum Gasteiger partial charge on any atom is 0.239 e. The van der Waals surface area contributed by atoms with Gasteiger partial charge in [-0.1, -0.05) is 11.5 Å². The maximum absolute atomic E-state index is 12.1. The van der Waals surface area contributed by atoms with Crippen LogP contribution in [0.5, 0.6) is 0 Å². The summed E-state index contributed by atoms with van der Waals surface area (Å²) in [7, 11) is 0. The van der Waals surface area contributed by atoms with Crippen LogP contribution in [0.3, 0.4) is 0 Å². The minimum Gasteiger partial charge on any atom is -0.380 e. The van der Waals surface area contributed by atoms with Crippen LogP contribution in [-0.2, 0) is 14.9 Å². The maximum atomic E-state index is 12.1. The highest BCUT2D eigenvalue weighted by Gasteiger charge is 2.66. The Labute approximate surface area is 119 Å². The van der Waals surface area contributed by atoms with Crippen LogP contribution in [0.1, 0.15) is 12.0 Å². The number of pyridine rings is 1. The van der Waals surface area contributed by atoms with Gasteiger partial charge in [-0.3, -0.25) is 4.79 Å². The predicted molar refractivity (Wildman–Crippen MR) is 76.4 cm³/mol. The van der Waals surface area contributed by atoms with Crippen molar-refractivity contribution in [2.45, 2.75) is 11.8 Å². The third kappa shape index (κ3) is 1.30. The smallest absolute Gasteiger partial charge is 0.239 e. The highest BCUT2D eigenvalue weighted by molar-refractivity contribution is 14.1. The van der Waals surface area contributed by atoms with E-state index in [2.05, 4.69) is 38.7 Å². The quantitative estimate of drug-likeness (QED) is 0.595. The molecule has 1 saturated heterocycles. The molecule has 1 saturated carbocycles. The van der Waals surface area contributed by atoms with Crippen molar-refractivity contribution in [1.29, 1.82) is 0 Å². The van der Waals surface area contributed by atoms with Gasteiger partial charge in [-0.05, 0) is 12.3 Å². The van der Waals surface area contributed by atoms with E-state index in [4.69, 9.17) is 4.74 Å². The van der Waals surface area contributed by atoms with E-state index in [1.165, 1.54) is 5.56 Å². The average molecular weight is 353 g/mol. The van der Waals surface area contributed by atoms with Crippen molar-refractivity contribution < 1.29 is 9.53 Å². The molecule has 18 heavy (non-hydrogen) atoms. The Hall–Kier alpha value is -0.625. The SMILES string of the molecule is O=C1Nc2ncc([B]I)cc2[C@]23CC2COC[C@@H]13. The minimum absolute atomic E-state index is 0.0125. The number of rotatable bonds is 1. The van der Waals surface area contributed by atoms with Crippen LogP contribution in [-0.4, -0.2) is 29.2 Å². The zero-order valence-electron chi connectivity index (χ0n) is 9.65. The first-order valence-corrected chi connectivity index (χ1v) is 7.33. The van der Waals surface area contributed by atoms with Crippen LogP contribution in [0.25, 0.3) is 0 Å². The first kappa shape index (κ1) is 11.2. The number of nitrogens with one attached hydrogen (secondary N) is 1. The normalized spacial score (nSPS) is 35.9. The van der Waals surface area contributed by atoms with Gasteiger partial charge >= 0.3 is 0 Å². The van der Waals surface area contributed by atoms with Gasteiger partial charge in [0.1, 0.15) is 5.82 Å². The van der Waals surface area contributed by atoms with Gasteiger partial charge in [0, 0.05) is 17.2 Å². The van der Waals surface area contributed by atoms with E-state index < -0.39 is 0 Å². The molecule has 1 aromatic heterocycles. The molecule has 1 unspecified atom stereocenters. The summed E-state index contributed by atoms with van der Waals surface area (Å²) in [6.07, 6.45) is 2.86. The molecule has 0 bridgehead atoms. The lowest BCUT2D eigenvalue weighted by molar-refractivity contribution is -0.125. The van der Waals surface area contributed by atoms with Gasteiger partial charge in [0.05, 0.1) is 19.1 Å². The number of anilines is 1. The molecule has 4 nitrogen and oxygen atoms in total. The van der Waals surface area contributed by atoms with Crippen molar-refractivity contribution in [2.75, 3.05) is 18.5 Å². The summed E-state index contributed by atoms with van der Waals surface area (Å²) in [5.41, 5.74) is 2.33. The molecule has 91 valence electrons. The summed E-state index contributed by atoms with van der Waals surface area (Å²) in [6, 6.07) is 2.17. The number of nitrogens with zero attached hydrogens (tertiary/aromatic N) is 1. The standard InChI is InChI=1S/C12H11BIN2O2/c14-13-7-1-8-10(15-3-7)16-11(17)9-5-18-4-6-2-12(6,8)9/h1,3,6,9H,2,4-5H2,(H,15,16,17)/t6?,9-,12-/m0/s1. The fourth-order valence-electron chi connectivity index (χ4n) is 3.49. The van der Waals surface area contributed by atoms with Crippen LogP contribution < -0.4 is 10.8 Å². The summed E-state index contributed by atoms with van der Waals surface area (Å²) < 4.78 is 5.54. The number of aromatic nitrogens is 1. The molecule has 1 aromatic rings. The van der Waals surface area contributed by atoms with Gasteiger partial charge in [-0.25, -0.2) is 4.98 Å². The van der Waals surface area contributed by atoms with E-state index in [1.54, 1.807) is 6.20 Å². The Kier molecular flexibility index (Phi) is 2.30. The van der Waals surface area contributed by atoms with Crippen LogP contribution in [0.2, 0.25) is 0 Å². The van der Waals surface area contributed by atoms with Crippen LogP contribution in [0.15, 0.2) is 12.3 Å². The number of carbonyl (C=O) groups is 1. The Bertz CT molecular complexity index is 553. The Morgan fingerprint density at radius 2 is 2.44 bits per heavy atom. The lowest BCUT2D eigenvalue weighted by Gasteiger charge is -2.36. The third-order valence-corrected chi connectivity index (χ3v) is 5.19. The third-order valence-electron chi connectivity index (χ3n) is 4.47. The van der Waals surface area contributed by atoms with Crippen molar-refractivity contribution in [3.05, 3.63) is 17.8 Å². The van der Waals surface area contributed by atoms with Crippen molar-refractivity contribution in [3.63, 3.8) is 0 Å². The molecule has 6 heteroatoms. The summed E-state index contributed by atoms with van der Waals surface area (Å²) in [5.74, 6) is 1.29. The molecule has 2 aliphatic heterocycles. The van der Waals surface area contributed by atoms with E-state index in [1.807, 2.05) is 5.14 Å². The molecular formula is C12H11BIN2O2. The summed E-state index contributed by atoms with van der Waals surface area (Å²) in [4.78, 5) is 16.5. The molecular weight excluding hydrogens is 342 g/mol. The monoisotopic (exact) mass is 353 g/mol. The van der Waals surface area contributed by atoms with Crippen LogP contribution in [0.4, 0.5) is 5.82 Å². The zero-order chi connectivity index (χ0) is 12.3. The van der Waals surface area contributed by atoms with E-state index in [9.17, 15) is 4.79 Å². The van der Waals surface area contributed by atoms with E-state index in [-0.39, 0.29) is 17.2 Å². The largest absolute Gasteiger partial charge is 0.380 e. The number of ether oxygens (including phenoxy) is 1. The first-order chi connectivity index (χ1) is 8.75. The van der Waals surface area contributed by atoms with Crippen molar-refractivity contribution >= 4 is 44.7 Å². The molecule has 1 amide bonds. The molecule has 1 radical (unpaired) electrons. The Morgan fingerprint density at radius 3 is 3.28 bits per heavy atom.